The van der Waals surface area contributed by atoms with Crippen LogP contribution in [0.1, 0.15) is 37.6 Å². The van der Waals surface area contributed by atoms with Crippen LogP contribution in [0.25, 0.3) is 0 Å². The molecule has 0 aromatic heterocycles. The quantitative estimate of drug-likeness (QED) is 0.745. The molecule has 0 heterocycles. The molecule has 0 bridgehead atoms. The number of benzene rings is 1. The van der Waals surface area contributed by atoms with Gasteiger partial charge in [0.2, 0.25) is 0 Å². The zero-order valence-corrected chi connectivity index (χ0v) is 15.2. The molecule has 0 atom stereocenters. The van der Waals surface area contributed by atoms with E-state index in [2.05, 4.69) is 0 Å². The van der Waals surface area contributed by atoms with E-state index in [1.54, 1.807) is 7.05 Å². The SMILES string of the molecule is CCC(C)(C)N(C)C(=O)c1cc(Cl)cc(S(=O)(=O)Cl)c1Cl. The van der Waals surface area contributed by atoms with Crippen molar-refractivity contribution in [1.29, 1.82) is 0 Å². The van der Waals surface area contributed by atoms with Gasteiger partial charge in [-0.15, -0.1) is 0 Å². The van der Waals surface area contributed by atoms with Crippen LogP contribution in [0.15, 0.2) is 17.0 Å². The second-order valence-electron chi connectivity index (χ2n) is 5.23. The summed E-state index contributed by atoms with van der Waals surface area (Å²) in [5.74, 6) is -0.420. The molecule has 8 heteroatoms. The molecule has 0 saturated carbocycles. The lowest BCUT2D eigenvalue weighted by Crippen LogP contribution is -2.44. The van der Waals surface area contributed by atoms with Crippen LogP contribution >= 0.6 is 33.9 Å². The van der Waals surface area contributed by atoms with Crippen molar-refractivity contribution in [2.75, 3.05) is 7.05 Å². The van der Waals surface area contributed by atoms with Gasteiger partial charge in [-0.1, -0.05) is 30.1 Å². The summed E-state index contributed by atoms with van der Waals surface area (Å²) in [4.78, 5) is 13.7. The Hall–Kier alpha value is -0.490. The van der Waals surface area contributed by atoms with Crippen molar-refractivity contribution in [2.24, 2.45) is 0 Å². The highest BCUT2D eigenvalue weighted by molar-refractivity contribution is 8.13. The Morgan fingerprint density at radius 2 is 1.81 bits per heavy atom. The van der Waals surface area contributed by atoms with Gasteiger partial charge >= 0.3 is 0 Å². The topological polar surface area (TPSA) is 54.5 Å². The molecule has 1 amide bonds. The summed E-state index contributed by atoms with van der Waals surface area (Å²) >= 11 is 11.9. The van der Waals surface area contributed by atoms with Crippen molar-refractivity contribution in [3.63, 3.8) is 0 Å². The lowest BCUT2D eigenvalue weighted by Gasteiger charge is -2.35. The van der Waals surface area contributed by atoms with Crippen LogP contribution in [0.2, 0.25) is 10.0 Å². The minimum Gasteiger partial charge on any atom is -0.337 e. The van der Waals surface area contributed by atoms with E-state index in [0.29, 0.717) is 6.42 Å². The van der Waals surface area contributed by atoms with E-state index < -0.39 is 20.5 Å². The lowest BCUT2D eigenvalue weighted by atomic mass is 9.99. The van der Waals surface area contributed by atoms with Gasteiger partial charge in [0.25, 0.3) is 15.0 Å². The van der Waals surface area contributed by atoms with Gasteiger partial charge in [-0.3, -0.25) is 4.79 Å². The number of carbonyl (C=O) groups excluding carboxylic acids is 1. The monoisotopic (exact) mass is 371 g/mol. The molecule has 1 aromatic rings. The predicted octanol–water partition coefficient (Wildman–Crippen LogP) is 4.18. The normalized spacial score (nSPS) is 12.3. The maximum atomic E-state index is 12.5. The van der Waals surface area contributed by atoms with Crippen molar-refractivity contribution < 1.29 is 13.2 Å². The minimum absolute atomic E-state index is 0.00687. The summed E-state index contributed by atoms with van der Waals surface area (Å²) in [7, 11) is 2.84. The van der Waals surface area contributed by atoms with Gasteiger partial charge in [0.05, 0.1) is 10.6 Å². The minimum atomic E-state index is -4.09. The highest BCUT2D eigenvalue weighted by Gasteiger charge is 2.30. The fourth-order valence-corrected chi connectivity index (χ4v) is 3.44. The van der Waals surface area contributed by atoms with Crippen molar-refractivity contribution >= 4 is 48.8 Å². The van der Waals surface area contributed by atoms with Crippen LogP contribution in [0.4, 0.5) is 0 Å². The predicted molar refractivity (Wildman–Crippen MR) is 86.0 cm³/mol. The molecule has 0 aliphatic carbocycles. The maximum absolute atomic E-state index is 12.5. The molecule has 21 heavy (non-hydrogen) atoms. The molecule has 0 aliphatic heterocycles. The first-order chi connectivity index (χ1) is 9.41. The molecule has 1 rings (SSSR count). The average molecular weight is 373 g/mol. The van der Waals surface area contributed by atoms with Crippen molar-refractivity contribution in [3.8, 4) is 0 Å². The van der Waals surface area contributed by atoms with Gasteiger partial charge < -0.3 is 4.90 Å². The summed E-state index contributed by atoms with van der Waals surface area (Å²) in [5.41, 5.74) is -0.407. The standard InChI is InChI=1S/C13H16Cl3NO3S/c1-5-13(2,3)17(4)12(18)9-6-8(14)7-10(11(9)15)21(16,19)20/h6-7H,5H2,1-4H3. The number of carbonyl (C=O) groups is 1. The Labute approximate surface area is 139 Å². The first-order valence-corrected chi connectivity index (χ1v) is 9.20. The Morgan fingerprint density at radius 3 is 2.24 bits per heavy atom. The van der Waals surface area contributed by atoms with Crippen LogP contribution in [-0.4, -0.2) is 31.8 Å². The molecule has 0 saturated heterocycles. The smallest absolute Gasteiger partial charge is 0.262 e. The summed E-state index contributed by atoms with van der Waals surface area (Å²) < 4.78 is 23.0. The van der Waals surface area contributed by atoms with Gasteiger partial charge in [-0.2, -0.15) is 0 Å². The molecule has 1 aromatic carbocycles. The van der Waals surface area contributed by atoms with E-state index in [-0.39, 0.29) is 20.5 Å². The molecular weight excluding hydrogens is 357 g/mol. The molecule has 118 valence electrons. The third kappa shape index (κ3) is 4.03. The number of hydrogen-bond donors (Lipinski definition) is 0. The first kappa shape index (κ1) is 18.6. The van der Waals surface area contributed by atoms with Crippen LogP contribution < -0.4 is 0 Å². The fourth-order valence-electron chi connectivity index (χ4n) is 1.59. The number of hydrogen-bond acceptors (Lipinski definition) is 3. The second-order valence-corrected chi connectivity index (χ2v) is 8.58. The fraction of sp³-hybridized carbons (Fsp3) is 0.462. The largest absolute Gasteiger partial charge is 0.337 e. The van der Waals surface area contributed by atoms with Crippen LogP contribution in [0.5, 0.6) is 0 Å². The first-order valence-electron chi connectivity index (χ1n) is 6.13. The van der Waals surface area contributed by atoms with Gasteiger partial charge in [-0.25, -0.2) is 8.42 Å². The third-order valence-electron chi connectivity index (χ3n) is 3.57. The second kappa shape index (κ2) is 6.32. The zero-order chi connectivity index (χ0) is 16.6. The zero-order valence-electron chi connectivity index (χ0n) is 12.1. The van der Waals surface area contributed by atoms with Crippen molar-refractivity contribution in [3.05, 3.63) is 27.7 Å². The maximum Gasteiger partial charge on any atom is 0.262 e. The number of rotatable bonds is 4. The van der Waals surface area contributed by atoms with Gasteiger partial charge in [0.1, 0.15) is 4.90 Å². The summed E-state index contributed by atoms with van der Waals surface area (Å²) in [5, 5.41) is -0.150. The number of halogens is 3. The van der Waals surface area contributed by atoms with E-state index in [0.717, 1.165) is 6.07 Å². The van der Waals surface area contributed by atoms with Gasteiger partial charge in [0.15, 0.2) is 0 Å². The van der Waals surface area contributed by atoms with Crippen molar-refractivity contribution in [1.82, 2.24) is 4.90 Å². The lowest BCUT2D eigenvalue weighted by molar-refractivity contribution is 0.0620. The number of amides is 1. The average Bonchev–Trinajstić information content (AvgIpc) is 2.38. The summed E-state index contributed by atoms with van der Waals surface area (Å²) in [6, 6.07) is 2.45. The van der Waals surface area contributed by atoms with Gasteiger partial charge in [-0.05, 0) is 32.4 Å². The molecule has 4 nitrogen and oxygen atoms in total. The van der Waals surface area contributed by atoms with E-state index in [1.807, 2.05) is 20.8 Å². The summed E-state index contributed by atoms with van der Waals surface area (Å²) in [6.45, 7) is 5.73. The Balaban J connectivity index is 3.45. The molecule has 0 radical (unpaired) electrons. The third-order valence-corrected chi connectivity index (χ3v) is 5.66. The molecule has 0 N–H and O–H groups in total. The molecule has 0 fully saturated rings. The van der Waals surface area contributed by atoms with E-state index in [9.17, 15) is 13.2 Å². The molecule has 0 unspecified atom stereocenters. The van der Waals surface area contributed by atoms with E-state index in [1.165, 1.54) is 11.0 Å². The molecule has 0 spiro atoms. The molecular formula is C13H16Cl3NO3S. The highest BCUT2D eigenvalue weighted by atomic mass is 35.7. The van der Waals surface area contributed by atoms with Crippen LogP contribution in [0, 0.1) is 0 Å². The van der Waals surface area contributed by atoms with Crippen molar-refractivity contribution in [2.45, 2.75) is 37.6 Å². The summed E-state index contributed by atoms with van der Waals surface area (Å²) in [6.07, 6.45) is 0.716. The Kier molecular flexibility index (Phi) is 5.59. The van der Waals surface area contributed by atoms with Gasteiger partial charge in [0, 0.05) is 28.3 Å². The van der Waals surface area contributed by atoms with E-state index in [4.69, 9.17) is 33.9 Å². The Bertz CT molecular complexity index is 671. The number of nitrogens with zero attached hydrogens (tertiary/aromatic N) is 1. The van der Waals surface area contributed by atoms with Crippen LogP contribution in [0.3, 0.4) is 0 Å². The highest BCUT2D eigenvalue weighted by Crippen LogP contribution is 2.33. The van der Waals surface area contributed by atoms with E-state index >= 15 is 0 Å². The van der Waals surface area contributed by atoms with Crippen LogP contribution in [-0.2, 0) is 9.05 Å². The molecule has 0 aliphatic rings. The Morgan fingerprint density at radius 1 is 1.29 bits per heavy atom.